The SMILES string of the molecule is CN=C(N)N=NCc1ccc(F)cc1F. The van der Waals surface area contributed by atoms with Gasteiger partial charge in [-0.05, 0) is 6.07 Å². The zero-order valence-electron chi connectivity index (χ0n) is 8.11. The lowest BCUT2D eigenvalue weighted by atomic mass is 10.2. The van der Waals surface area contributed by atoms with E-state index in [1.807, 2.05) is 0 Å². The summed E-state index contributed by atoms with van der Waals surface area (Å²) in [5.41, 5.74) is 5.49. The van der Waals surface area contributed by atoms with Gasteiger partial charge in [0.1, 0.15) is 11.6 Å². The highest BCUT2D eigenvalue weighted by Gasteiger charge is 2.02. The fourth-order valence-corrected chi connectivity index (χ4v) is 0.879. The first kappa shape index (κ1) is 11.2. The molecule has 1 aromatic carbocycles. The van der Waals surface area contributed by atoms with Gasteiger partial charge in [-0.3, -0.25) is 4.99 Å². The predicted molar refractivity (Wildman–Crippen MR) is 52.5 cm³/mol. The Balaban J connectivity index is 2.70. The minimum atomic E-state index is -0.652. The molecule has 0 atom stereocenters. The molecule has 0 unspecified atom stereocenters. The second-order valence-electron chi connectivity index (χ2n) is 2.72. The van der Waals surface area contributed by atoms with Gasteiger partial charge in [0, 0.05) is 18.7 Å². The van der Waals surface area contributed by atoms with Crippen LogP contribution in [-0.2, 0) is 6.54 Å². The summed E-state index contributed by atoms with van der Waals surface area (Å²) >= 11 is 0. The molecule has 0 aromatic heterocycles. The van der Waals surface area contributed by atoms with Crippen molar-refractivity contribution in [3.05, 3.63) is 35.4 Å². The van der Waals surface area contributed by atoms with E-state index in [9.17, 15) is 8.78 Å². The second kappa shape index (κ2) is 5.14. The molecule has 0 aliphatic carbocycles. The standard InChI is InChI=1S/C9H10F2N4/c1-13-9(12)15-14-5-6-2-3-7(10)4-8(6)11/h2-4H,5H2,1H3,(H2,12,13). The summed E-state index contributed by atoms with van der Waals surface area (Å²) in [5.74, 6) is -1.26. The molecular weight excluding hydrogens is 202 g/mol. The van der Waals surface area contributed by atoms with Crippen molar-refractivity contribution in [3.63, 3.8) is 0 Å². The molecule has 4 nitrogen and oxygen atoms in total. The Morgan fingerprint density at radius 2 is 2.13 bits per heavy atom. The monoisotopic (exact) mass is 212 g/mol. The largest absolute Gasteiger partial charge is 0.367 e. The molecule has 0 aliphatic rings. The van der Waals surface area contributed by atoms with Gasteiger partial charge in [-0.25, -0.2) is 8.78 Å². The Morgan fingerprint density at radius 1 is 1.40 bits per heavy atom. The van der Waals surface area contributed by atoms with Crippen LogP contribution < -0.4 is 5.73 Å². The summed E-state index contributed by atoms with van der Waals surface area (Å²) in [5, 5.41) is 7.10. The number of nitrogens with zero attached hydrogens (tertiary/aromatic N) is 3. The van der Waals surface area contributed by atoms with Gasteiger partial charge in [-0.2, -0.15) is 5.11 Å². The lowest BCUT2D eigenvalue weighted by Crippen LogP contribution is -2.06. The summed E-state index contributed by atoms with van der Waals surface area (Å²) < 4.78 is 25.6. The molecule has 0 bridgehead atoms. The molecule has 0 heterocycles. The average molecular weight is 212 g/mol. The molecule has 0 spiro atoms. The van der Waals surface area contributed by atoms with E-state index >= 15 is 0 Å². The van der Waals surface area contributed by atoms with Crippen LogP contribution in [0, 0.1) is 11.6 Å². The number of hydrogen-bond acceptors (Lipinski definition) is 2. The third-order valence-corrected chi connectivity index (χ3v) is 1.66. The van der Waals surface area contributed by atoms with E-state index < -0.39 is 11.6 Å². The van der Waals surface area contributed by atoms with E-state index in [4.69, 9.17) is 5.73 Å². The Kier molecular flexibility index (Phi) is 3.84. The molecule has 0 amide bonds. The molecule has 0 fully saturated rings. The fraction of sp³-hybridized carbons (Fsp3) is 0.222. The van der Waals surface area contributed by atoms with Gasteiger partial charge < -0.3 is 5.73 Å². The minimum absolute atomic E-state index is 0.00231. The quantitative estimate of drug-likeness (QED) is 0.454. The molecule has 0 aliphatic heterocycles. The van der Waals surface area contributed by atoms with Gasteiger partial charge >= 0.3 is 0 Å². The van der Waals surface area contributed by atoms with Crippen molar-refractivity contribution in [1.82, 2.24) is 0 Å². The third-order valence-electron chi connectivity index (χ3n) is 1.66. The summed E-state index contributed by atoms with van der Waals surface area (Å²) in [7, 11) is 1.47. The molecular formula is C9H10F2N4. The van der Waals surface area contributed by atoms with E-state index in [1.54, 1.807) is 0 Å². The number of rotatable bonds is 2. The smallest absolute Gasteiger partial charge is 0.234 e. The lowest BCUT2D eigenvalue weighted by molar-refractivity contribution is 0.571. The number of hydrogen-bond donors (Lipinski definition) is 1. The van der Waals surface area contributed by atoms with Crippen LogP contribution >= 0.6 is 0 Å². The first-order valence-corrected chi connectivity index (χ1v) is 4.17. The highest BCUT2D eigenvalue weighted by molar-refractivity contribution is 5.77. The Labute approximate surface area is 85.5 Å². The second-order valence-corrected chi connectivity index (χ2v) is 2.72. The van der Waals surface area contributed by atoms with Crippen molar-refractivity contribution in [2.45, 2.75) is 6.54 Å². The Bertz CT molecular complexity index is 401. The highest BCUT2D eigenvalue weighted by Crippen LogP contribution is 2.10. The number of nitrogens with two attached hydrogens (primary N) is 1. The maximum Gasteiger partial charge on any atom is 0.234 e. The molecule has 0 radical (unpaired) electrons. The van der Waals surface area contributed by atoms with Crippen LogP contribution in [0.2, 0.25) is 0 Å². The van der Waals surface area contributed by atoms with Crippen LogP contribution in [-0.4, -0.2) is 13.0 Å². The van der Waals surface area contributed by atoms with Gasteiger partial charge in [0.05, 0.1) is 6.54 Å². The summed E-state index contributed by atoms with van der Waals surface area (Å²) in [6, 6.07) is 3.26. The number of azo groups is 1. The minimum Gasteiger partial charge on any atom is -0.367 e. The third kappa shape index (κ3) is 3.41. The molecule has 6 heteroatoms. The topological polar surface area (TPSA) is 63.1 Å². The van der Waals surface area contributed by atoms with E-state index in [2.05, 4.69) is 15.2 Å². The molecule has 0 saturated heterocycles. The van der Waals surface area contributed by atoms with Crippen LogP contribution in [0.5, 0.6) is 0 Å². The molecule has 0 saturated carbocycles. The molecule has 1 rings (SSSR count). The van der Waals surface area contributed by atoms with E-state index in [-0.39, 0.29) is 18.1 Å². The van der Waals surface area contributed by atoms with Crippen molar-refractivity contribution in [2.75, 3.05) is 7.05 Å². The van der Waals surface area contributed by atoms with Crippen LogP contribution in [0.15, 0.2) is 33.4 Å². The van der Waals surface area contributed by atoms with Crippen LogP contribution in [0.3, 0.4) is 0 Å². The van der Waals surface area contributed by atoms with Crippen molar-refractivity contribution >= 4 is 5.96 Å². The van der Waals surface area contributed by atoms with Gasteiger partial charge in [-0.1, -0.05) is 6.07 Å². The molecule has 1 aromatic rings. The molecule has 15 heavy (non-hydrogen) atoms. The van der Waals surface area contributed by atoms with Crippen LogP contribution in [0.25, 0.3) is 0 Å². The highest BCUT2D eigenvalue weighted by atomic mass is 19.1. The fourth-order valence-electron chi connectivity index (χ4n) is 0.879. The van der Waals surface area contributed by atoms with E-state index in [1.165, 1.54) is 13.1 Å². The summed E-state index contributed by atoms with van der Waals surface area (Å²) in [6.45, 7) is 0.00231. The lowest BCUT2D eigenvalue weighted by Gasteiger charge is -1.97. The number of guanidine groups is 1. The van der Waals surface area contributed by atoms with Crippen LogP contribution in [0.4, 0.5) is 8.78 Å². The van der Waals surface area contributed by atoms with E-state index in [0.717, 1.165) is 12.1 Å². The first-order chi connectivity index (χ1) is 7.13. The average Bonchev–Trinajstić information content (AvgIpc) is 2.21. The summed E-state index contributed by atoms with van der Waals surface area (Å²) in [6.07, 6.45) is 0. The number of halogens is 2. The van der Waals surface area contributed by atoms with Crippen molar-refractivity contribution in [2.24, 2.45) is 21.0 Å². The van der Waals surface area contributed by atoms with Crippen molar-refractivity contribution in [1.29, 1.82) is 0 Å². The predicted octanol–water partition coefficient (Wildman–Crippen LogP) is 1.86. The first-order valence-electron chi connectivity index (χ1n) is 4.17. The van der Waals surface area contributed by atoms with Gasteiger partial charge in [0.25, 0.3) is 0 Å². The zero-order chi connectivity index (χ0) is 11.3. The van der Waals surface area contributed by atoms with Gasteiger partial charge in [0.2, 0.25) is 5.96 Å². The number of aliphatic imine (C=N–C) groups is 1. The maximum atomic E-state index is 13.1. The zero-order valence-corrected chi connectivity index (χ0v) is 8.11. The normalized spacial score (nSPS) is 12.3. The van der Waals surface area contributed by atoms with Gasteiger partial charge in [-0.15, -0.1) is 5.11 Å². The van der Waals surface area contributed by atoms with E-state index in [0.29, 0.717) is 0 Å². The van der Waals surface area contributed by atoms with Crippen molar-refractivity contribution in [3.8, 4) is 0 Å². The van der Waals surface area contributed by atoms with Crippen molar-refractivity contribution < 1.29 is 8.78 Å². The van der Waals surface area contributed by atoms with Gasteiger partial charge in [0.15, 0.2) is 0 Å². The van der Waals surface area contributed by atoms with Crippen LogP contribution in [0.1, 0.15) is 5.56 Å². The molecule has 80 valence electrons. The molecule has 2 N–H and O–H groups in total. The maximum absolute atomic E-state index is 13.1. The number of benzene rings is 1. The Morgan fingerprint density at radius 3 is 2.73 bits per heavy atom. The summed E-state index contributed by atoms with van der Waals surface area (Å²) in [4.78, 5) is 3.54. The Hall–Kier alpha value is -1.85.